The molecule has 1 aliphatic carbocycles. The number of rotatable bonds is 3. The zero-order valence-electron chi connectivity index (χ0n) is 9.26. The quantitative estimate of drug-likeness (QED) is 0.552. The number of hydrogen-bond donors (Lipinski definition) is 1. The van der Waals surface area contributed by atoms with Crippen molar-refractivity contribution in [2.75, 3.05) is 13.7 Å². The van der Waals surface area contributed by atoms with E-state index in [1.165, 1.54) is 7.11 Å². The molecule has 3 nitrogen and oxygen atoms in total. The Morgan fingerprint density at radius 1 is 1.57 bits per heavy atom. The number of carbonyl (C=O) groups is 1. The van der Waals surface area contributed by atoms with Crippen LogP contribution in [0.15, 0.2) is 11.6 Å². The number of aliphatic hydroxyl groups is 1. The smallest absolute Gasteiger partial charge is 0.316 e. The fourth-order valence-electron chi connectivity index (χ4n) is 1.96. The molecule has 1 unspecified atom stereocenters. The minimum Gasteiger partial charge on any atom is -0.468 e. The highest BCUT2D eigenvalue weighted by Gasteiger charge is 2.65. The fraction of sp³-hybridized carbons (Fsp3) is 0.727. The van der Waals surface area contributed by atoms with Crippen LogP contribution < -0.4 is 0 Å². The van der Waals surface area contributed by atoms with E-state index in [4.69, 9.17) is 9.84 Å². The first-order chi connectivity index (χ1) is 6.39. The van der Waals surface area contributed by atoms with Crippen molar-refractivity contribution in [3.63, 3.8) is 0 Å². The van der Waals surface area contributed by atoms with Crippen molar-refractivity contribution in [3.8, 4) is 0 Å². The first-order valence-electron chi connectivity index (χ1n) is 4.77. The summed E-state index contributed by atoms with van der Waals surface area (Å²) in [5, 5.41) is 8.93. The van der Waals surface area contributed by atoms with Crippen LogP contribution in [0.25, 0.3) is 0 Å². The molecule has 1 rings (SSSR count). The Kier molecular flexibility index (Phi) is 2.72. The Hall–Kier alpha value is -0.830. The van der Waals surface area contributed by atoms with Gasteiger partial charge >= 0.3 is 5.97 Å². The second-order valence-corrected chi connectivity index (χ2v) is 4.67. The molecule has 0 aromatic carbocycles. The lowest BCUT2D eigenvalue weighted by atomic mass is 9.93. The zero-order valence-corrected chi connectivity index (χ0v) is 9.26. The molecule has 0 aliphatic heterocycles. The molecular weight excluding hydrogens is 180 g/mol. The number of methoxy groups -OCH3 is 1. The minimum atomic E-state index is -0.505. The fourth-order valence-corrected chi connectivity index (χ4v) is 1.96. The SMILES string of the molecule is COC(=O)C1(/C=C(\C)CO)CC1(C)C. The van der Waals surface area contributed by atoms with Gasteiger partial charge in [-0.1, -0.05) is 25.5 Å². The van der Waals surface area contributed by atoms with Crippen molar-refractivity contribution >= 4 is 5.97 Å². The number of esters is 1. The van der Waals surface area contributed by atoms with Crippen molar-refractivity contribution in [1.82, 2.24) is 0 Å². The van der Waals surface area contributed by atoms with Gasteiger partial charge in [-0.05, 0) is 18.8 Å². The van der Waals surface area contributed by atoms with Crippen LogP contribution in [0, 0.1) is 10.8 Å². The number of carbonyl (C=O) groups excluding carboxylic acids is 1. The molecule has 0 radical (unpaired) electrons. The van der Waals surface area contributed by atoms with Gasteiger partial charge in [0.15, 0.2) is 0 Å². The highest BCUT2D eigenvalue weighted by Crippen LogP contribution is 2.65. The van der Waals surface area contributed by atoms with Crippen LogP contribution in [0.5, 0.6) is 0 Å². The standard InChI is InChI=1S/C11H18O3/c1-8(6-12)5-11(9(13)14-4)7-10(11,2)3/h5,12H,6-7H2,1-4H3/b8-5+. The molecule has 1 saturated carbocycles. The Balaban J connectivity index is 2.94. The summed E-state index contributed by atoms with van der Waals surface area (Å²) in [6.45, 7) is 5.88. The van der Waals surface area contributed by atoms with E-state index in [0.29, 0.717) is 0 Å². The van der Waals surface area contributed by atoms with Crippen molar-refractivity contribution in [1.29, 1.82) is 0 Å². The molecule has 1 N–H and O–H groups in total. The summed E-state index contributed by atoms with van der Waals surface area (Å²) in [7, 11) is 1.40. The molecule has 3 heteroatoms. The maximum absolute atomic E-state index is 11.6. The van der Waals surface area contributed by atoms with Crippen LogP contribution in [0.1, 0.15) is 27.2 Å². The summed E-state index contributed by atoms with van der Waals surface area (Å²) in [5.41, 5.74) is 0.270. The maximum atomic E-state index is 11.6. The molecule has 0 aromatic heterocycles. The minimum absolute atomic E-state index is 0.00513. The van der Waals surface area contributed by atoms with Crippen LogP contribution >= 0.6 is 0 Å². The van der Waals surface area contributed by atoms with Gasteiger partial charge in [0, 0.05) is 0 Å². The third-order valence-electron chi connectivity index (χ3n) is 3.10. The van der Waals surface area contributed by atoms with E-state index in [9.17, 15) is 4.79 Å². The summed E-state index contributed by atoms with van der Waals surface area (Å²) in [6.07, 6.45) is 2.64. The second kappa shape index (κ2) is 3.39. The van der Waals surface area contributed by atoms with Crippen LogP contribution in [0.3, 0.4) is 0 Å². The van der Waals surface area contributed by atoms with Gasteiger partial charge in [-0.15, -0.1) is 0 Å². The van der Waals surface area contributed by atoms with Gasteiger partial charge in [0.1, 0.15) is 0 Å². The molecule has 1 fully saturated rings. The van der Waals surface area contributed by atoms with E-state index in [-0.39, 0.29) is 18.0 Å². The maximum Gasteiger partial charge on any atom is 0.316 e. The average Bonchev–Trinajstić information content (AvgIpc) is 2.68. The lowest BCUT2D eigenvalue weighted by Gasteiger charge is -2.14. The Morgan fingerprint density at radius 2 is 2.07 bits per heavy atom. The van der Waals surface area contributed by atoms with Gasteiger partial charge in [0.2, 0.25) is 0 Å². The Morgan fingerprint density at radius 3 is 2.36 bits per heavy atom. The van der Waals surface area contributed by atoms with E-state index in [0.717, 1.165) is 12.0 Å². The molecule has 14 heavy (non-hydrogen) atoms. The first-order valence-corrected chi connectivity index (χ1v) is 4.77. The number of aliphatic hydroxyl groups excluding tert-OH is 1. The summed E-state index contributed by atoms with van der Waals surface area (Å²) in [6, 6.07) is 0. The largest absolute Gasteiger partial charge is 0.468 e. The van der Waals surface area contributed by atoms with Crippen LogP contribution in [0.2, 0.25) is 0 Å². The van der Waals surface area contributed by atoms with E-state index < -0.39 is 5.41 Å². The van der Waals surface area contributed by atoms with Crippen molar-refractivity contribution in [2.45, 2.75) is 27.2 Å². The average molecular weight is 198 g/mol. The van der Waals surface area contributed by atoms with Gasteiger partial charge in [-0.2, -0.15) is 0 Å². The van der Waals surface area contributed by atoms with E-state index in [1.54, 1.807) is 0 Å². The third kappa shape index (κ3) is 1.57. The summed E-state index contributed by atoms with van der Waals surface area (Å²) >= 11 is 0. The lowest BCUT2D eigenvalue weighted by molar-refractivity contribution is -0.146. The second-order valence-electron chi connectivity index (χ2n) is 4.67. The van der Waals surface area contributed by atoms with E-state index in [2.05, 4.69) is 0 Å². The van der Waals surface area contributed by atoms with Gasteiger partial charge in [-0.3, -0.25) is 4.79 Å². The molecule has 0 spiro atoms. The third-order valence-corrected chi connectivity index (χ3v) is 3.10. The molecule has 0 heterocycles. The Bertz CT molecular complexity index is 278. The molecule has 1 atom stereocenters. The zero-order chi connectivity index (χ0) is 11.0. The molecule has 0 saturated heterocycles. The van der Waals surface area contributed by atoms with Gasteiger partial charge in [0.05, 0.1) is 19.1 Å². The van der Waals surface area contributed by atoms with Gasteiger partial charge in [0.25, 0.3) is 0 Å². The topological polar surface area (TPSA) is 46.5 Å². The molecule has 1 aliphatic rings. The van der Waals surface area contributed by atoms with Crippen LogP contribution in [-0.2, 0) is 9.53 Å². The molecule has 0 bridgehead atoms. The van der Waals surface area contributed by atoms with Gasteiger partial charge < -0.3 is 9.84 Å². The number of hydrogen-bond acceptors (Lipinski definition) is 3. The van der Waals surface area contributed by atoms with Gasteiger partial charge in [-0.25, -0.2) is 0 Å². The van der Waals surface area contributed by atoms with Crippen molar-refractivity contribution in [2.24, 2.45) is 10.8 Å². The normalized spacial score (nSPS) is 29.9. The van der Waals surface area contributed by atoms with Crippen LogP contribution in [-0.4, -0.2) is 24.8 Å². The van der Waals surface area contributed by atoms with Crippen molar-refractivity contribution in [3.05, 3.63) is 11.6 Å². The lowest BCUT2D eigenvalue weighted by Crippen LogP contribution is -2.21. The van der Waals surface area contributed by atoms with E-state index in [1.807, 2.05) is 26.8 Å². The predicted octanol–water partition coefficient (Wildman–Crippen LogP) is 1.51. The highest BCUT2D eigenvalue weighted by molar-refractivity contribution is 5.84. The molecule has 0 amide bonds. The summed E-state index contributed by atoms with van der Waals surface area (Å²) < 4.78 is 4.79. The highest BCUT2D eigenvalue weighted by atomic mass is 16.5. The first kappa shape index (κ1) is 11.2. The van der Waals surface area contributed by atoms with Crippen molar-refractivity contribution < 1.29 is 14.6 Å². The van der Waals surface area contributed by atoms with E-state index >= 15 is 0 Å². The summed E-state index contributed by atoms with van der Waals surface area (Å²) in [4.78, 5) is 11.6. The predicted molar refractivity (Wildman–Crippen MR) is 53.7 cm³/mol. The molecular formula is C11H18O3. The molecule has 80 valence electrons. The molecule has 0 aromatic rings. The van der Waals surface area contributed by atoms with Crippen LogP contribution in [0.4, 0.5) is 0 Å². The summed E-state index contributed by atoms with van der Waals surface area (Å²) in [5.74, 6) is -0.199. The number of ether oxygens (including phenoxy) is 1. The monoisotopic (exact) mass is 198 g/mol. The Labute approximate surface area is 84.8 Å².